The summed E-state index contributed by atoms with van der Waals surface area (Å²) in [5.74, 6) is -0.291. The zero-order chi connectivity index (χ0) is 43.9. The summed E-state index contributed by atoms with van der Waals surface area (Å²) in [6.45, 7) is 13.7. The topological polar surface area (TPSA) is 137 Å². The van der Waals surface area contributed by atoms with Gasteiger partial charge in [-0.05, 0) is 73.7 Å². The number of benzene rings is 2. The Morgan fingerprint density at radius 2 is 1.85 bits per heavy atom. The monoisotopic (exact) mass is 847 g/mol. The van der Waals surface area contributed by atoms with E-state index < -0.39 is 40.0 Å². The van der Waals surface area contributed by atoms with E-state index in [9.17, 15) is 14.7 Å². The van der Waals surface area contributed by atoms with Crippen molar-refractivity contribution in [2.45, 2.75) is 108 Å². The molecule has 6 aliphatic rings. The Kier molecular flexibility index (Phi) is 10.7. The lowest BCUT2D eigenvalue weighted by Crippen LogP contribution is -2.81. The third-order valence-electron chi connectivity index (χ3n) is 15.8. The number of hydrogen-bond donors (Lipinski definition) is 3. The van der Waals surface area contributed by atoms with Crippen LogP contribution in [-0.2, 0) is 41.1 Å². The average molecular weight is 848 g/mol. The molecule has 9 rings (SSSR count). The molecule has 2 bridgehead atoms. The van der Waals surface area contributed by atoms with Crippen LogP contribution in [0.15, 0.2) is 60.2 Å². The fraction of sp³-hybridized carbons (Fsp3) is 0.580. The van der Waals surface area contributed by atoms with Gasteiger partial charge >= 0.3 is 11.9 Å². The van der Waals surface area contributed by atoms with Crippen molar-refractivity contribution in [3.63, 3.8) is 0 Å². The quantitative estimate of drug-likeness (QED) is 0.170. The first-order valence-corrected chi connectivity index (χ1v) is 22.9. The highest BCUT2D eigenvalue weighted by Crippen LogP contribution is 2.68. The highest BCUT2D eigenvalue weighted by atomic mass is 16.6. The minimum atomic E-state index is -1.74. The van der Waals surface area contributed by atoms with Crippen molar-refractivity contribution in [3.8, 4) is 5.75 Å². The molecule has 12 nitrogen and oxygen atoms in total. The number of ether oxygens (including phenoxy) is 3. The number of aromatic nitrogens is 1. The number of H-pyrrole nitrogens is 1. The number of carbonyl (C=O) groups is 3. The fourth-order valence-electron chi connectivity index (χ4n) is 13.7. The molecule has 1 unspecified atom stereocenters. The molecule has 1 spiro atoms. The third kappa shape index (κ3) is 6.05. The number of aliphatic hydroxyl groups is 1. The van der Waals surface area contributed by atoms with E-state index in [1.807, 2.05) is 27.0 Å². The molecule has 1 amide bonds. The third-order valence-corrected chi connectivity index (χ3v) is 15.8. The van der Waals surface area contributed by atoms with Gasteiger partial charge in [0.15, 0.2) is 0 Å². The number of nitrogens with one attached hydrogen (secondary N) is 2. The van der Waals surface area contributed by atoms with Crippen LogP contribution in [0.1, 0.15) is 89.1 Å². The lowest BCUT2D eigenvalue weighted by atomic mass is 9.47. The van der Waals surface area contributed by atoms with Crippen molar-refractivity contribution >= 4 is 34.4 Å². The molecule has 0 radical (unpaired) electrons. The molecule has 6 heterocycles. The maximum Gasteiger partial charge on any atom is 0.322 e. The van der Waals surface area contributed by atoms with E-state index in [1.54, 1.807) is 7.11 Å². The van der Waals surface area contributed by atoms with Crippen molar-refractivity contribution in [2.24, 2.45) is 17.3 Å². The van der Waals surface area contributed by atoms with E-state index in [2.05, 4.69) is 87.4 Å². The summed E-state index contributed by atoms with van der Waals surface area (Å²) in [7, 11) is 5.16. The minimum absolute atomic E-state index is 0.0404. The van der Waals surface area contributed by atoms with Gasteiger partial charge in [0, 0.05) is 97.4 Å². The largest absolute Gasteiger partial charge is 0.496 e. The molecule has 1 aliphatic carbocycles. The first-order valence-electron chi connectivity index (χ1n) is 22.9. The first kappa shape index (κ1) is 42.6. The molecule has 9 atom stereocenters. The molecule has 5 aliphatic heterocycles. The number of rotatable bonds is 10. The number of methoxy groups -OCH3 is 2. The Morgan fingerprint density at radius 1 is 1.06 bits per heavy atom. The smallest absolute Gasteiger partial charge is 0.322 e. The number of para-hydroxylation sites is 1. The van der Waals surface area contributed by atoms with E-state index in [0.717, 1.165) is 78.0 Å². The molecule has 62 heavy (non-hydrogen) atoms. The highest BCUT2D eigenvalue weighted by molar-refractivity contribution is 5.94. The average Bonchev–Trinajstić information content (AvgIpc) is 3.92. The maximum atomic E-state index is 15.4. The van der Waals surface area contributed by atoms with Gasteiger partial charge in [0.1, 0.15) is 22.9 Å². The second kappa shape index (κ2) is 15.6. The molecule has 2 fully saturated rings. The van der Waals surface area contributed by atoms with Gasteiger partial charge in [0.05, 0.1) is 26.8 Å². The Morgan fingerprint density at radius 3 is 2.56 bits per heavy atom. The Hall–Kier alpha value is -4.65. The minimum Gasteiger partial charge on any atom is -0.496 e. The number of fused-ring (bicyclic) bond motifs is 6. The summed E-state index contributed by atoms with van der Waals surface area (Å²) < 4.78 is 18.9. The SMILES string of the molecule is CCC1=C[C@@H]2CN(CCc3c([nH]c4ccccc34)[C@@](C(=O)OC)(c3cc4c(cc3OC)N(C)[C@H]3[C@@](O)(CNC(=O)CC(C)C)[C@H](OC(C)=O)[C@]5(CC)C=CCN6CC[C@]43[C@@H]65)C2)C1. The summed E-state index contributed by atoms with van der Waals surface area (Å²) in [6.07, 6.45) is 9.48. The zero-order valence-corrected chi connectivity index (χ0v) is 37.8. The fourth-order valence-corrected chi connectivity index (χ4v) is 13.7. The van der Waals surface area contributed by atoms with E-state index in [1.165, 1.54) is 19.6 Å². The van der Waals surface area contributed by atoms with Crippen molar-refractivity contribution in [3.05, 3.63) is 82.6 Å². The number of esters is 2. The lowest BCUT2D eigenvalue weighted by molar-refractivity contribution is -0.217. The van der Waals surface area contributed by atoms with Crippen LogP contribution in [0.4, 0.5) is 5.69 Å². The van der Waals surface area contributed by atoms with Crippen LogP contribution in [-0.4, -0.2) is 122 Å². The summed E-state index contributed by atoms with van der Waals surface area (Å²) in [6, 6.07) is 11.8. The highest BCUT2D eigenvalue weighted by Gasteiger charge is 2.78. The number of carbonyl (C=O) groups excluding carboxylic acids is 3. The molecule has 2 aromatic carbocycles. The number of anilines is 1. The van der Waals surface area contributed by atoms with Gasteiger partial charge < -0.3 is 34.5 Å². The summed E-state index contributed by atoms with van der Waals surface area (Å²) in [5.41, 5.74) is 2.32. The van der Waals surface area contributed by atoms with Gasteiger partial charge in [-0.15, -0.1) is 0 Å². The van der Waals surface area contributed by atoms with E-state index in [-0.39, 0.29) is 36.3 Å². The van der Waals surface area contributed by atoms with Crippen molar-refractivity contribution < 1.29 is 33.7 Å². The van der Waals surface area contributed by atoms with Gasteiger partial charge in [-0.3, -0.25) is 24.2 Å². The molecule has 1 saturated carbocycles. The maximum absolute atomic E-state index is 15.4. The summed E-state index contributed by atoms with van der Waals surface area (Å²) in [5, 5.41) is 18.0. The molecular weight excluding hydrogens is 783 g/mol. The van der Waals surface area contributed by atoms with Gasteiger partial charge in [-0.2, -0.15) is 0 Å². The van der Waals surface area contributed by atoms with Crippen LogP contribution in [0.25, 0.3) is 10.9 Å². The molecule has 3 N–H and O–H groups in total. The van der Waals surface area contributed by atoms with Gasteiger partial charge in [-0.1, -0.05) is 69.7 Å². The molecule has 1 saturated heterocycles. The summed E-state index contributed by atoms with van der Waals surface area (Å²) >= 11 is 0. The molecular formula is C50H65N5O7. The normalized spacial score (nSPS) is 33.4. The van der Waals surface area contributed by atoms with Crippen LogP contribution >= 0.6 is 0 Å². The number of hydrogen-bond acceptors (Lipinski definition) is 10. The van der Waals surface area contributed by atoms with Crippen LogP contribution < -0.4 is 15.0 Å². The van der Waals surface area contributed by atoms with Crippen molar-refractivity contribution in [1.82, 2.24) is 20.1 Å². The zero-order valence-electron chi connectivity index (χ0n) is 37.8. The van der Waals surface area contributed by atoms with Crippen molar-refractivity contribution in [1.29, 1.82) is 0 Å². The predicted octanol–water partition coefficient (Wildman–Crippen LogP) is 5.79. The number of likely N-dealkylation sites (N-methyl/N-ethyl adjacent to an activating group) is 1. The second-order valence-corrected chi connectivity index (χ2v) is 19.5. The number of aromatic amines is 1. The standard InChI is InChI=1S/C50H65N5O7/c1-9-32-23-33-26-49(46(58)61-8,42-35(16-20-54(27-32)28-33)34-14-11-12-15-38(34)52-42)37-24-36-39(25-40(37)60-7)53(6)44-48(36)18-21-55-19-13-17-47(10-2,43(48)55)45(62-31(5)56)50(44,59)29-51-41(57)22-30(3)4/h11-15,17,23-25,30,33,43-45,52,59H,9-10,16,18-22,26-29H2,1-8H3,(H,51,57)/t33-,43-,44+,45+,47+,48+,49-,50-/m0/s1. The first-order chi connectivity index (χ1) is 29.7. The summed E-state index contributed by atoms with van der Waals surface area (Å²) in [4.78, 5) is 53.1. The predicted molar refractivity (Wildman–Crippen MR) is 239 cm³/mol. The van der Waals surface area contributed by atoms with E-state index >= 15 is 4.79 Å². The van der Waals surface area contributed by atoms with Crippen LogP contribution in [0.2, 0.25) is 0 Å². The Balaban J connectivity index is 1.33. The van der Waals surface area contributed by atoms with E-state index in [4.69, 9.17) is 14.2 Å². The van der Waals surface area contributed by atoms with E-state index in [0.29, 0.717) is 38.0 Å². The van der Waals surface area contributed by atoms with Crippen LogP contribution in [0.5, 0.6) is 5.75 Å². The second-order valence-electron chi connectivity index (χ2n) is 19.5. The van der Waals surface area contributed by atoms with Crippen molar-refractivity contribution in [2.75, 3.05) is 65.4 Å². The lowest BCUT2D eigenvalue weighted by Gasteiger charge is -2.64. The molecule has 3 aromatic rings. The molecule has 12 heteroatoms. The van der Waals surface area contributed by atoms with Gasteiger partial charge in [0.2, 0.25) is 5.91 Å². The van der Waals surface area contributed by atoms with Crippen LogP contribution in [0, 0.1) is 17.3 Å². The number of nitrogens with zero attached hydrogens (tertiary/aromatic N) is 3. The molecule has 1 aromatic heterocycles. The Labute approximate surface area is 366 Å². The van der Waals surface area contributed by atoms with Crippen LogP contribution in [0.3, 0.4) is 0 Å². The van der Waals surface area contributed by atoms with Gasteiger partial charge in [-0.25, -0.2) is 0 Å². The van der Waals surface area contributed by atoms with Gasteiger partial charge in [0.25, 0.3) is 0 Å². The Bertz CT molecular complexity index is 2350. The molecule has 332 valence electrons. The number of amides is 1.